The molecule has 0 aromatic heterocycles. The van der Waals surface area contributed by atoms with Crippen molar-refractivity contribution >= 4 is 5.97 Å². The molecule has 0 fully saturated rings. The maximum Gasteiger partial charge on any atom is 0.303 e. The SMILES string of the molecule is CCCCCCCC/C=C\CCCCCCCC(=O)O.OCC(CO)(CO)COCC(CO)(CO)CO. The number of allylic oxidation sites excluding steroid dienone is 2. The van der Waals surface area contributed by atoms with Gasteiger partial charge in [-0.25, -0.2) is 0 Å². The maximum atomic E-state index is 10.3. The van der Waals surface area contributed by atoms with E-state index in [-0.39, 0.29) is 13.2 Å². The Morgan fingerprint density at radius 2 is 0.946 bits per heavy atom. The summed E-state index contributed by atoms with van der Waals surface area (Å²) in [5.41, 5.74) is -2.32. The molecule has 0 saturated carbocycles. The first-order valence-corrected chi connectivity index (χ1v) is 13.9. The normalized spacial score (nSPS) is 12.1. The number of carboxylic acid groups (broad SMARTS) is 1. The van der Waals surface area contributed by atoms with Crippen molar-refractivity contribution in [3.8, 4) is 0 Å². The summed E-state index contributed by atoms with van der Waals surface area (Å²) in [6.45, 7) is -0.746. The lowest BCUT2D eigenvalue weighted by Crippen LogP contribution is -2.43. The highest BCUT2D eigenvalue weighted by molar-refractivity contribution is 5.66. The molecule has 0 aliphatic heterocycles. The van der Waals surface area contributed by atoms with Gasteiger partial charge < -0.3 is 40.5 Å². The van der Waals surface area contributed by atoms with E-state index in [0.29, 0.717) is 6.42 Å². The number of carbonyl (C=O) groups is 1. The van der Waals surface area contributed by atoms with Crippen LogP contribution in [0.1, 0.15) is 96.8 Å². The number of rotatable bonds is 25. The molecule has 0 aromatic rings. The lowest BCUT2D eigenvalue weighted by molar-refractivity contribution is -0.137. The van der Waals surface area contributed by atoms with Crippen LogP contribution in [0, 0.1) is 10.8 Å². The van der Waals surface area contributed by atoms with Gasteiger partial charge >= 0.3 is 5.97 Å². The van der Waals surface area contributed by atoms with Crippen molar-refractivity contribution in [3.63, 3.8) is 0 Å². The lowest BCUT2D eigenvalue weighted by atomic mass is 9.91. The number of hydrogen-bond acceptors (Lipinski definition) is 8. The Labute approximate surface area is 224 Å². The topological polar surface area (TPSA) is 168 Å². The largest absolute Gasteiger partial charge is 0.481 e. The first-order valence-electron chi connectivity index (χ1n) is 13.9. The minimum atomic E-state index is -1.16. The maximum absolute atomic E-state index is 10.3. The van der Waals surface area contributed by atoms with E-state index in [1.54, 1.807) is 0 Å². The highest BCUT2D eigenvalue weighted by Gasteiger charge is 2.32. The summed E-state index contributed by atoms with van der Waals surface area (Å²) >= 11 is 0. The molecule has 0 unspecified atom stereocenters. The molecule has 7 N–H and O–H groups in total. The lowest BCUT2D eigenvalue weighted by Gasteiger charge is -2.31. The summed E-state index contributed by atoms with van der Waals surface area (Å²) in [7, 11) is 0. The minimum Gasteiger partial charge on any atom is -0.481 e. The summed E-state index contributed by atoms with van der Waals surface area (Å²) in [6, 6.07) is 0. The van der Waals surface area contributed by atoms with E-state index in [9.17, 15) is 4.79 Å². The zero-order valence-corrected chi connectivity index (χ0v) is 23.2. The fourth-order valence-electron chi connectivity index (χ4n) is 3.40. The van der Waals surface area contributed by atoms with Gasteiger partial charge in [0.05, 0.1) is 63.7 Å². The number of aliphatic hydroxyl groups excluding tert-OH is 6. The predicted octanol–water partition coefficient (Wildman–Crippen LogP) is 3.04. The highest BCUT2D eigenvalue weighted by atomic mass is 16.5. The number of ether oxygens (including phenoxy) is 1. The van der Waals surface area contributed by atoms with Gasteiger partial charge in [0.25, 0.3) is 0 Å². The monoisotopic (exact) mass is 536 g/mol. The Morgan fingerprint density at radius 3 is 1.30 bits per heavy atom. The molecule has 0 aromatic carbocycles. The average molecular weight is 537 g/mol. The van der Waals surface area contributed by atoms with Gasteiger partial charge in [-0.15, -0.1) is 0 Å². The molecule has 0 radical (unpaired) electrons. The molecule has 0 saturated heterocycles. The smallest absolute Gasteiger partial charge is 0.303 e. The summed E-state index contributed by atoms with van der Waals surface area (Å²) in [6.07, 6.45) is 21.2. The van der Waals surface area contributed by atoms with Crippen molar-refractivity contribution < 1.29 is 45.3 Å². The molecule has 0 rings (SSSR count). The quantitative estimate of drug-likeness (QED) is 0.0685. The molecule has 9 nitrogen and oxygen atoms in total. The molecule has 0 heterocycles. The van der Waals surface area contributed by atoms with E-state index in [1.807, 2.05) is 0 Å². The second-order valence-electron chi connectivity index (χ2n) is 10.2. The van der Waals surface area contributed by atoms with Crippen LogP contribution in [0.15, 0.2) is 12.2 Å². The van der Waals surface area contributed by atoms with Crippen molar-refractivity contribution in [1.29, 1.82) is 0 Å². The van der Waals surface area contributed by atoms with Crippen LogP contribution in [0.2, 0.25) is 0 Å². The summed E-state index contributed by atoms with van der Waals surface area (Å²) < 4.78 is 5.15. The number of carboxylic acids is 1. The summed E-state index contributed by atoms with van der Waals surface area (Å²) in [4.78, 5) is 10.3. The van der Waals surface area contributed by atoms with Gasteiger partial charge in [0.2, 0.25) is 0 Å². The molecule has 37 heavy (non-hydrogen) atoms. The predicted molar refractivity (Wildman–Crippen MR) is 145 cm³/mol. The standard InChI is InChI=1S/C18H34O2.C10H22O7/c1-2-3-4-5-6-7-8-9-10-11-12-13-14-15-16-17-18(19)20;11-1-9(2-12,3-13)7-17-8-10(4-14,5-15)6-16/h9-10H,2-8,11-17H2,1H3,(H,19,20);11-16H,1-8H2/b10-9-;. The molecule has 0 spiro atoms. The molecular weight excluding hydrogens is 480 g/mol. The fourth-order valence-corrected chi connectivity index (χ4v) is 3.40. The molecule has 0 aliphatic rings. The summed E-state index contributed by atoms with van der Waals surface area (Å²) in [5.74, 6) is -0.664. The average Bonchev–Trinajstić information content (AvgIpc) is 2.92. The van der Waals surface area contributed by atoms with Crippen molar-refractivity contribution in [2.24, 2.45) is 10.8 Å². The number of aliphatic hydroxyl groups is 6. The molecular formula is C28H56O9. The fraction of sp³-hybridized carbons (Fsp3) is 0.893. The third-order valence-electron chi connectivity index (χ3n) is 6.48. The van der Waals surface area contributed by atoms with Gasteiger partial charge in [-0.3, -0.25) is 4.79 Å². The minimum absolute atomic E-state index is 0.141. The van der Waals surface area contributed by atoms with Gasteiger partial charge in [-0.2, -0.15) is 0 Å². The van der Waals surface area contributed by atoms with Crippen LogP contribution in [0.5, 0.6) is 0 Å². The Kier molecular flexibility index (Phi) is 27.3. The van der Waals surface area contributed by atoms with E-state index in [0.717, 1.165) is 12.8 Å². The second kappa shape index (κ2) is 26.5. The summed E-state index contributed by atoms with van der Waals surface area (Å²) in [5, 5.41) is 62.7. The zero-order valence-electron chi connectivity index (χ0n) is 23.2. The Balaban J connectivity index is 0. The van der Waals surface area contributed by atoms with Crippen LogP contribution in [0.25, 0.3) is 0 Å². The third-order valence-corrected chi connectivity index (χ3v) is 6.48. The molecule has 222 valence electrons. The second-order valence-corrected chi connectivity index (χ2v) is 10.2. The van der Waals surface area contributed by atoms with Gasteiger partial charge in [0.1, 0.15) is 0 Å². The molecule has 0 bridgehead atoms. The van der Waals surface area contributed by atoms with E-state index in [4.69, 9.17) is 40.5 Å². The van der Waals surface area contributed by atoms with Gasteiger partial charge in [0, 0.05) is 6.42 Å². The van der Waals surface area contributed by atoms with Crippen molar-refractivity contribution in [2.45, 2.75) is 96.8 Å². The van der Waals surface area contributed by atoms with Gasteiger partial charge in [-0.1, -0.05) is 70.4 Å². The van der Waals surface area contributed by atoms with E-state index < -0.39 is 56.4 Å². The Hall–Kier alpha value is -1.07. The van der Waals surface area contributed by atoms with E-state index in [1.165, 1.54) is 70.6 Å². The molecule has 0 aliphatic carbocycles. The Bertz CT molecular complexity index is 481. The molecule has 0 amide bonds. The molecule has 0 atom stereocenters. The van der Waals surface area contributed by atoms with E-state index in [2.05, 4.69) is 19.1 Å². The Morgan fingerprint density at radius 1 is 0.595 bits per heavy atom. The number of hydrogen-bond donors (Lipinski definition) is 7. The van der Waals surface area contributed by atoms with Crippen molar-refractivity contribution in [1.82, 2.24) is 0 Å². The van der Waals surface area contributed by atoms with Crippen LogP contribution < -0.4 is 0 Å². The third kappa shape index (κ3) is 21.5. The first kappa shape index (κ1) is 38.1. The van der Waals surface area contributed by atoms with Crippen LogP contribution in [-0.4, -0.2) is 94.6 Å². The van der Waals surface area contributed by atoms with Crippen LogP contribution in [0.4, 0.5) is 0 Å². The molecule has 9 heteroatoms. The van der Waals surface area contributed by atoms with Crippen LogP contribution in [0.3, 0.4) is 0 Å². The number of unbranched alkanes of at least 4 members (excludes halogenated alkanes) is 11. The van der Waals surface area contributed by atoms with E-state index >= 15 is 0 Å². The zero-order chi connectivity index (χ0) is 28.3. The van der Waals surface area contributed by atoms with Crippen LogP contribution in [-0.2, 0) is 9.53 Å². The number of aliphatic carboxylic acids is 1. The van der Waals surface area contributed by atoms with Crippen LogP contribution >= 0.6 is 0 Å². The van der Waals surface area contributed by atoms with Crippen molar-refractivity contribution in [3.05, 3.63) is 12.2 Å². The van der Waals surface area contributed by atoms with Gasteiger partial charge in [0.15, 0.2) is 0 Å². The highest BCUT2D eigenvalue weighted by Crippen LogP contribution is 2.19. The first-order chi connectivity index (χ1) is 17.8. The van der Waals surface area contributed by atoms with Crippen molar-refractivity contribution in [2.75, 3.05) is 52.9 Å². The van der Waals surface area contributed by atoms with Gasteiger partial charge in [-0.05, 0) is 32.1 Å².